The highest BCUT2D eigenvalue weighted by Crippen LogP contribution is 2.33. The Bertz CT molecular complexity index is 888. The molecule has 4 heteroatoms. The Morgan fingerprint density at radius 2 is 1.91 bits per heavy atom. The van der Waals surface area contributed by atoms with Crippen molar-refractivity contribution < 1.29 is 14.4 Å². The number of pyridine rings is 1. The van der Waals surface area contributed by atoms with E-state index in [4.69, 9.17) is 4.74 Å². The molecule has 0 bridgehead atoms. The smallest absolute Gasteiger partial charge is 0.337 e. The van der Waals surface area contributed by atoms with Gasteiger partial charge in [0.05, 0.1) is 13.3 Å². The minimum absolute atomic E-state index is 0.611. The van der Waals surface area contributed by atoms with Crippen LogP contribution in [0.4, 0.5) is 5.69 Å². The number of rotatable bonds is 3. The fourth-order valence-electron chi connectivity index (χ4n) is 2.86. The zero-order chi connectivity index (χ0) is 15.1. The average molecular weight is 291 g/mol. The summed E-state index contributed by atoms with van der Waals surface area (Å²) in [5, 5.41) is 11.7. The van der Waals surface area contributed by atoms with Gasteiger partial charge in [-0.2, -0.15) is 4.57 Å². The van der Waals surface area contributed by atoms with Crippen molar-refractivity contribution in [1.82, 2.24) is 0 Å². The van der Waals surface area contributed by atoms with E-state index in [1.165, 1.54) is 0 Å². The highest BCUT2D eigenvalue weighted by Gasteiger charge is 2.34. The molecule has 0 aliphatic carbocycles. The molecule has 1 aliphatic heterocycles. The van der Waals surface area contributed by atoms with Gasteiger partial charge in [0.25, 0.3) is 0 Å². The molecule has 108 valence electrons. The molecule has 4 rings (SSSR count). The Balaban J connectivity index is 1.89. The van der Waals surface area contributed by atoms with Gasteiger partial charge in [-0.3, -0.25) is 0 Å². The van der Waals surface area contributed by atoms with Crippen LogP contribution in [0.15, 0.2) is 65.8 Å². The molecule has 0 saturated carbocycles. The molecule has 2 aromatic carbocycles. The van der Waals surface area contributed by atoms with Crippen LogP contribution >= 0.6 is 0 Å². The minimum atomic E-state index is -0.768. The number of aliphatic hydroxyl groups is 1. The van der Waals surface area contributed by atoms with Crippen LogP contribution in [0.1, 0.15) is 11.7 Å². The van der Waals surface area contributed by atoms with E-state index in [0.29, 0.717) is 5.84 Å². The fourth-order valence-corrected chi connectivity index (χ4v) is 2.86. The largest absolute Gasteiger partial charge is 0.497 e. The van der Waals surface area contributed by atoms with E-state index >= 15 is 0 Å². The molecule has 3 aromatic rings. The van der Waals surface area contributed by atoms with Gasteiger partial charge in [-0.15, -0.1) is 0 Å². The molecular weight excluding hydrogens is 276 g/mol. The predicted octanol–water partition coefficient (Wildman–Crippen LogP) is 2.76. The maximum Gasteiger partial charge on any atom is 0.337 e. The van der Waals surface area contributed by atoms with Crippen molar-refractivity contribution >= 4 is 22.4 Å². The van der Waals surface area contributed by atoms with Crippen LogP contribution in [-0.4, -0.2) is 18.1 Å². The van der Waals surface area contributed by atoms with Crippen molar-refractivity contribution in [3.8, 4) is 5.75 Å². The number of hydrogen-bond donors (Lipinski definition) is 1. The Morgan fingerprint density at radius 1 is 1.09 bits per heavy atom. The summed E-state index contributed by atoms with van der Waals surface area (Å²) in [6.45, 7) is 0. The average Bonchev–Trinajstić information content (AvgIpc) is 2.95. The van der Waals surface area contributed by atoms with Gasteiger partial charge in [-0.25, -0.2) is 0 Å². The van der Waals surface area contributed by atoms with Crippen molar-refractivity contribution in [3.05, 3.63) is 66.4 Å². The van der Waals surface area contributed by atoms with E-state index in [2.05, 4.69) is 4.99 Å². The molecule has 4 nitrogen and oxygen atoms in total. The van der Waals surface area contributed by atoms with E-state index in [-0.39, 0.29) is 0 Å². The summed E-state index contributed by atoms with van der Waals surface area (Å²) in [5.41, 5.74) is 2.64. The monoisotopic (exact) mass is 291 g/mol. The Kier molecular flexibility index (Phi) is 2.91. The standard InChI is InChI=1S/C18H15N2O2/c1-22-14-10-13-8-5-9-20-16(13)15(11-14)19-18(20)17(21)12-6-3-2-4-7-12/h2-11,17,21H,1H3/q+1. The minimum Gasteiger partial charge on any atom is -0.497 e. The summed E-state index contributed by atoms with van der Waals surface area (Å²) in [6.07, 6.45) is 1.16. The summed E-state index contributed by atoms with van der Waals surface area (Å²) >= 11 is 0. The molecule has 0 amide bonds. The lowest BCUT2D eigenvalue weighted by atomic mass is 10.1. The number of aliphatic hydroxyl groups excluding tert-OH is 1. The van der Waals surface area contributed by atoms with Crippen LogP contribution in [-0.2, 0) is 0 Å². The zero-order valence-corrected chi connectivity index (χ0v) is 12.1. The van der Waals surface area contributed by atoms with Gasteiger partial charge in [0, 0.05) is 11.5 Å². The highest BCUT2D eigenvalue weighted by atomic mass is 16.5. The Morgan fingerprint density at radius 3 is 2.68 bits per heavy atom. The topological polar surface area (TPSA) is 45.7 Å². The van der Waals surface area contributed by atoms with Crippen LogP contribution < -0.4 is 9.30 Å². The van der Waals surface area contributed by atoms with Crippen LogP contribution in [0, 0.1) is 0 Å². The van der Waals surface area contributed by atoms with Crippen LogP contribution in [0.3, 0.4) is 0 Å². The molecule has 2 heterocycles. The maximum atomic E-state index is 10.7. The van der Waals surface area contributed by atoms with E-state index in [0.717, 1.165) is 27.9 Å². The van der Waals surface area contributed by atoms with Gasteiger partial charge in [0.15, 0.2) is 11.6 Å². The summed E-state index contributed by atoms with van der Waals surface area (Å²) in [5.74, 6) is 1.37. The first-order valence-corrected chi connectivity index (χ1v) is 7.12. The van der Waals surface area contributed by atoms with E-state index in [1.54, 1.807) is 7.11 Å². The molecule has 1 atom stereocenters. The molecule has 1 aliphatic rings. The summed E-state index contributed by atoms with van der Waals surface area (Å²) in [7, 11) is 1.64. The van der Waals surface area contributed by atoms with Gasteiger partial charge in [-0.1, -0.05) is 30.3 Å². The molecule has 0 spiro atoms. The first kappa shape index (κ1) is 13.0. The maximum absolute atomic E-state index is 10.7. The van der Waals surface area contributed by atoms with Gasteiger partial charge < -0.3 is 9.84 Å². The van der Waals surface area contributed by atoms with Gasteiger partial charge in [-0.05, 0) is 28.8 Å². The second-order valence-corrected chi connectivity index (χ2v) is 5.25. The number of methoxy groups -OCH3 is 1. The van der Waals surface area contributed by atoms with Crippen molar-refractivity contribution in [1.29, 1.82) is 0 Å². The van der Waals surface area contributed by atoms with Crippen LogP contribution in [0.2, 0.25) is 0 Å². The molecule has 1 N–H and O–H groups in total. The quantitative estimate of drug-likeness (QED) is 0.754. The lowest BCUT2D eigenvalue weighted by Gasteiger charge is -2.07. The van der Waals surface area contributed by atoms with Gasteiger partial charge in [0.1, 0.15) is 5.75 Å². The van der Waals surface area contributed by atoms with Gasteiger partial charge in [0.2, 0.25) is 5.69 Å². The molecule has 1 unspecified atom stereocenters. The number of hydrogen-bond acceptors (Lipinski definition) is 3. The third-order valence-electron chi connectivity index (χ3n) is 3.92. The first-order chi connectivity index (χ1) is 10.8. The first-order valence-electron chi connectivity index (χ1n) is 7.12. The molecule has 1 aromatic heterocycles. The molecule has 0 fully saturated rings. The van der Waals surface area contributed by atoms with Crippen molar-refractivity contribution in [2.75, 3.05) is 7.11 Å². The number of aliphatic imine (C=N–C) groups is 1. The summed E-state index contributed by atoms with van der Waals surface area (Å²) in [4.78, 5) is 4.63. The normalized spacial score (nSPS) is 14.0. The van der Waals surface area contributed by atoms with Crippen molar-refractivity contribution in [2.45, 2.75) is 6.10 Å². The summed E-state index contributed by atoms with van der Waals surface area (Å²) in [6, 6.07) is 17.4. The molecule has 0 saturated heterocycles. The molecule has 22 heavy (non-hydrogen) atoms. The second kappa shape index (κ2) is 4.93. The van der Waals surface area contributed by atoms with Gasteiger partial charge >= 0.3 is 5.84 Å². The Hall–Kier alpha value is -2.72. The second-order valence-electron chi connectivity index (χ2n) is 5.25. The Labute approximate surface area is 127 Å². The van der Waals surface area contributed by atoms with E-state index in [1.807, 2.05) is 65.4 Å². The third-order valence-corrected chi connectivity index (χ3v) is 3.92. The van der Waals surface area contributed by atoms with Crippen molar-refractivity contribution in [2.24, 2.45) is 4.99 Å². The summed E-state index contributed by atoms with van der Waals surface area (Å²) < 4.78 is 7.27. The third kappa shape index (κ3) is 1.89. The SMILES string of the molecule is COc1cc2c3c(ccc[n+]3C(C(O)c3ccccc3)=N2)c1. The van der Waals surface area contributed by atoms with E-state index in [9.17, 15) is 5.11 Å². The fraction of sp³-hybridized carbons (Fsp3) is 0.111. The number of aromatic nitrogens is 1. The van der Waals surface area contributed by atoms with E-state index < -0.39 is 6.10 Å². The zero-order valence-electron chi connectivity index (χ0n) is 12.1. The highest BCUT2D eigenvalue weighted by molar-refractivity contribution is 5.98. The number of benzene rings is 2. The van der Waals surface area contributed by atoms with Crippen LogP contribution in [0.5, 0.6) is 5.75 Å². The molecule has 0 radical (unpaired) electrons. The number of ether oxygens (including phenoxy) is 1. The molecular formula is C18H15N2O2+. The predicted molar refractivity (Wildman–Crippen MR) is 84.6 cm³/mol. The lowest BCUT2D eigenvalue weighted by molar-refractivity contribution is -0.528. The number of nitrogens with zero attached hydrogens (tertiary/aromatic N) is 2. The lowest BCUT2D eigenvalue weighted by Crippen LogP contribution is -2.44. The van der Waals surface area contributed by atoms with Crippen molar-refractivity contribution in [3.63, 3.8) is 0 Å². The van der Waals surface area contributed by atoms with Crippen LogP contribution in [0.25, 0.3) is 10.9 Å².